The number of rotatable bonds is 8. The van der Waals surface area contributed by atoms with Crippen molar-refractivity contribution in [2.24, 2.45) is 0 Å². The van der Waals surface area contributed by atoms with E-state index in [0.29, 0.717) is 6.04 Å². The van der Waals surface area contributed by atoms with Crippen LogP contribution in [-0.2, 0) is 6.54 Å². The first kappa shape index (κ1) is 15.7. The molecule has 1 atom stereocenters. The Morgan fingerprint density at radius 2 is 1.95 bits per heavy atom. The molecule has 0 saturated carbocycles. The van der Waals surface area contributed by atoms with Crippen LogP contribution in [0.2, 0.25) is 0 Å². The van der Waals surface area contributed by atoms with E-state index in [1.165, 1.54) is 40.6 Å². The van der Waals surface area contributed by atoms with Crippen LogP contribution in [-0.4, -0.2) is 0 Å². The van der Waals surface area contributed by atoms with E-state index in [1.807, 2.05) is 0 Å². The van der Waals surface area contributed by atoms with E-state index >= 15 is 0 Å². The summed E-state index contributed by atoms with van der Waals surface area (Å²) >= 11 is 5.41. The highest BCUT2D eigenvalue weighted by Crippen LogP contribution is 2.25. The van der Waals surface area contributed by atoms with E-state index in [-0.39, 0.29) is 0 Å². The quantitative estimate of drug-likeness (QED) is 0.581. The van der Waals surface area contributed by atoms with Crippen LogP contribution in [0.3, 0.4) is 0 Å². The molecule has 3 heteroatoms. The van der Waals surface area contributed by atoms with Crippen molar-refractivity contribution in [2.75, 3.05) is 0 Å². The number of halogens is 1. The molecule has 20 heavy (non-hydrogen) atoms. The van der Waals surface area contributed by atoms with Gasteiger partial charge < -0.3 is 5.32 Å². The smallest absolute Gasteiger partial charge is 0.0327 e. The molecule has 0 radical (unpaired) electrons. The van der Waals surface area contributed by atoms with Gasteiger partial charge in [-0.2, -0.15) is 0 Å². The van der Waals surface area contributed by atoms with Crippen molar-refractivity contribution in [3.8, 4) is 0 Å². The summed E-state index contributed by atoms with van der Waals surface area (Å²) < 4.78 is 1.22. The van der Waals surface area contributed by atoms with Crippen LogP contribution < -0.4 is 5.32 Å². The first-order valence-electron chi connectivity index (χ1n) is 7.31. The maximum absolute atomic E-state index is 3.72. The van der Waals surface area contributed by atoms with Gasteiger partial charge in [-0.25, -0.2) is 0 Å². The number of nitrogens with one attached hydrogen (secondary N) is 1. The number of benzene rings is 1. The van der Waals surface area contributed by atoms with E-state index in [0.717, 1.165) is 6.54 Å². The predicted octanol–water partition coefficient (Wildman–Crippen LogP) is 5.92. The maximum Gasteiger partial charge on any atom is 0.0327 e. The largest absolute Gasteiger partial charge is 0.305 e. The van der Waals surface area contributed by atoms with Crippen molar-refractivity contribution in [2.45, 2.75) is 45.2 Å². The molecule has 0 aliphatic heterocycles. The van der Waals surface area contributed by atoms with E-state index < -0.39 is 0 Å². The van der Waals surface area contributed by atoms with Crippen molar-refractivity contribution in [3.05, 3.63) is 56.7 Å². The average molecular weight is 352 g/mol. The van der Waals surface area contributed by atoms with Gasteiger partial charge >= 0.3 is 0 Å². The maximum atomic E-state index is 3.72. The molecule has 0 bridgehead atoms. The minimum atomic E-state index is 0.455. The van der Waals surface area contributed by atoms with Gasteiger partial charge in [-0.05, 0) is 39.4 Å². The van der Waals surface area contributed by atoms with Crippen LogP contribution in [0.1, 0.15) is 49.1 Å². The van der Waals surface area contributed by atoms with Crippen LogP contribution in [0.4, 0.5) is 0 Å². The average Bonchev–Trinajstić information content (AvgIpc) is 2.89. The second-order valence-corrected chi connectivity index (χ2v) is 6.89. The van der Waals surface area contributed by atoms with Crippen molar-refractivity contribution in [3.63, 3.8) is 0 Å². The molecule has 108 valence electrons. The lowest BCUT2D eigenvalue weighted by Gasteiger charge is -2.19. The summed E-state index contributed by atoms with van der Waals surface area (Å²) in [7, 11) is 0. The van der Waals surface area contributed by atoms with Crippen LogP contribution in [0.5, 0.6) is 0 Å². The summed E-state index contributed by atoms with van der Waals surface area (Å²) in [6.07, 6.45) is 5.08. The predicted molar refractivity (Wildman–Crippen MR) is 92.2 cm³/mol. The zero-order valence-electron chi connectivity index (χ0n) is 11.9. The molecular weight excluding hydrogens is 330 g/mol. The van der Waals surface area contributed by atoms with Gasteiger partial charge in [-0.15, -0.1) is 11.3 Å². The van der Waals surface area contributed by atoms with Crippen molar-refractivity contribution >= 4 is 27.3 Å². The van der Waals surface area contributed by atoms with Crippen LogP contribution in [0.15, 0.2) is 46.3 Å². The monoisotopic (exact) mass is 351 g/mol. The van der Waals surface area contributed by atoms with Crippen LogP contribution in [0, 0.1) is 0 Å². The fourth-order valence-corrected chi connectivity index (χ4v) is 3.78. The number of hydrogen-bond donors (Lipinski definition) is 1. The van der Waals surface area contributed by atoms with Crippen molar-refractivity contribution in [1.82, 2.24) is 5.32 Å². The molecule has 1 heterocycles. The van der Waals surface area contributed by atoms with E-state index in [9.17, 15) is 0 Å². The fourth-order valence-electron chi connectivity index (χ4n) is 2.34. The Hall–Kier alpha value is -0.640. The van der Waals surface area contributed by atoms with Crippen molar-refractivity contribution in [1.29, 1.82) is 0 Å². The number of unbranched alkanes of at least 4 members (excludes halogenated alkanes) is 2. The minimum Gasteiger partial charge on any atom is -0.305 e. The highest BCUT2D eigenvalue weighted by molar-refractivity contribution is 9.10. The fraction of sp³-hybridized carbons (Fsp3) is 0.412. The highest BCUT2D eigenvalue weighted by atomic mass is 79.9. The summed E-state index contributed by atoms with van der Waals surface area (Å²) in [5, 5.41) is 5.85. The van der Waals surface area contributed by atoms with Crippen LogP contribution >= 0.6 is 27.3 Å². The molecule has 1 aromatic carbocycles. The standard InChI is InChI=1S/C17H22BrNS/c1-2-3-5-10-16(14-8-6-4-7-9-14)19-13-17-15(18)11-12-20-17/h4,6-9,11-12,16,19H,2-3,5,10,13H2,1H3. The van der Waals surface area contributed by atoms with Gasteiger partial charge in [0.25, 0.3) is 0 Å². The Morgan fingerprint density at radius 3 is 2.60 bits per heavy atom. The van der Waals surface area contributed by atoms with E-state index in [1.54, 1.807) is 11.3 Å². The lowest BCUT2D eigenvalue weighted by Crippen LogP contribution is -2.20. The lowest BCUT2D eigenvalue weighted by atomic mass is 10.0. The Kier molecular flexibility index (Phi) is 6.77. The third kappa shape index (κ3) is 4.72. The third-order valence-electron chi connectivity index (χ3n) is 3.50. The summed E-state index contributed by atoms with van der Waals surface area (Å²) in [5.74, 6) is 0. The zero-order valence-corrected chi connectivity index (χ0v) is 14.3. The summed E-state index contributed by atoms with van der Waals surface area (Å²) in [6, 6.07) is 13.4. The molecule has 1 aromatic heterocycles. The van der Waals surface area contributed by atoms with Gasteiger partial charge in [0.15, 0.2) is 0 Å². The van der Waals surface area contributed by atoms with Gasteiger partial charge in [0, 0.05) is 21.9 Å². The summed E-state index contributed by atoms with van der Waals surface area (Å²) in [5.41, 5.74) is 1.40. The first-order chi connectivity index (χ1) is 9.81. The third-order valence-corrected chi connectivity index (χ3v) is 5.42. The Labute approximate surface area is 134 Å². The number of hydrogen-bond acceptors (Lipinski definition) is 2. The molecule has 0 fully saturated rings. The first-order valence-corrected chi connectivity index (χ1v) is 8.98. The molecule has 0 amide bonds. The van der Waals surface area contributed by atoms with Gasteiger partial charge in [0.05, 0.1) is 0 Å². The van der Waals surface area contributed by atoms with E-state index in [4.69, 9.17) is 0 Å². The molecule has 0 aliphatic carbocycles. The van der Waals surface area contributed by atoms with Gasteiger partial charge in [-0.1, -0.05) is 56.5 Å². The number of thiophene rings is 1. The molecule has 0 spiro atoms. The SMILES string of the molecule is CCCCCC(NCc1sccc1Br)c1ccccc1. The second kappa shape index (κ2) is 8.60. The molecular formula is C17H22BrNS. The van der Waals surface area contributed by atoms with Crippen LogP contribution in [0.25, 0.3) is 0 Å². The molecule has 1 nitrogen and oxygen atoms in total. The molecule has 2 rings (SSSR count). The van der Waals surface area contributed by atoms with Gasteiger partial charge in [0.1, 0.15) is 0 Å². The molecule has 1 N–H and O–H groups in total. The lowest BCUT2D eigenvalue weighted by molar-refractivity contribution is 0.475. The highest BCUT2D eigenvalue weighted by Gasteiger charge is 2.11. The summed E-state index contributed by atoms with van der Waals surface area (Å²) in [6.45, 7) is 3.19. The van der Waals surface area contributed by atoms with Gasteiger partial charge in [0.2, 0.25) is 0 Å². The zero-order chi connectivity index (χ0) is 14.2. The Balaban J connectivity index is 1.97. The molecule has 0 aliphatic rings. The Morgan fingerprint density at radius 1 is 1.15 bits per heavy atom. The topological polar surface area (TPSA) is 12.0 Å². The molecule has 1 unspecified atom stereocenters. The van der Waals surface area contributed by atoms with Gasteiger partial charge in [-0.3, -0.25) is 0 Å². The summed E-state index contributed by atoms with van der Waals surface area (Å²) in [4.78, 5) is 1.38. The second-order valence-electron chi connectivity index (χ2n) is 5.03. The normalized spacial score (nSPS) is 12.5. The minimum absolute atomic E-state index is 0.455. The molecule has 0 saturated heterocycles. The van der Waals surface area contributed by atoms with E-state index in [2.05, 4.69) is 69.9 Å². The molecule has 2 aromatic rings. The van der Waals surface area contributed by atoms with Crippen molar-refractivity contribution < 1.29 is 0 Å². The Bertz CT molecular complexity index is 495.